The van der Waals surface area contributed by atoms with E-state index in [1.165, 1.54) is 0 Å². The van der Waals surface area contributed by atoms with Crippen LogP contribution in [0.4, 0.5) is 17.6 Å². The lowest BCUT2D eigenvalue weighted by Gasteiger charge is -2.16. The van der Waals surface area contributed by atoms with E-state index in [2.05, 4.69) is 5.32 Å². The number of nitrogens with one attached hydrogen (secondary N) is 1. The first-order valence-corrected chi connectivity index (χ1v) is 5.93. The number of halogens is 4. The molecule has 6 heteroatoms. The molecule has 0 bridgehead atoms. The lowest BCUT2D eigenvalue weighted by atomic mass is 10.2. The van der Waals surface area contributed by atoms with Crippen molar-refractivity contribution in [2.24, 2.45) is 0 Å². The SMILES string of the molecule is CC(C)Oc1cccc(CNCC(F)(F)C(F)F)c1. The zero-order valence-corrected chi connectivity index (χ0v) is 10.8. The maximum atomic E-state index is 12.7. The van der Waals surface area contributed by atoms with Crippen LogP contribution in [-0.2, 0) is 6.54 Å². The third kappa shape index (κ3) is 5.46. The molecule has 0 aliphatic rings. The fraction of sp³-hybridized carbons (Fsp3) is 0.538. The number of ether oxygens (including phenoxy) is 1. The Labute approximate surface area is 109 Å². The molecule has 0 saturated carbocycles. The Balaban J connectivity index is 2.50. The summed E-state index contributed by atoms with van der Waals surface area (Å²) in [4.78, 5) is 0. The average Bonchev–Trinajstić information content (AvgIpc) is 2.28. The van der Waals surface area contributed by atoms with Crippen molar-refractivity contribution in [2.75, 3.05) is 6.54 Å². The van der Waals surface area contributed by atoms with E-state index in [0.29, 0.717) is 11.3 Å². The van der Waals surface area contributed by atoms with Crippen LogP contribution in [0.15, 0.2) is 24.3 Å². The van der Waals surface area contributed by atoms with Crippen LogP contribution in [0.1, 0.15) is 19.4 Å². The molecular weight excluding hydrogens is 262 g/mol. The molecule has 0 aromatic heterocycles. The maximum Gasteiger partial charge on any atom is 0.319 e. The van der Waals surface area contributed by atoms with Crippen LogP contribution in [0.5, 0.6) is 5.75 Å². The molecule has 0 atom stereocenters. The van der Waals surface area contributed by atoms with E-state index in [1.807, 2.05) is 13.8 Å². The first-order chi connectivity index (χ1) is 8.81. The van der Waals surface area contributed by atoms with Gasteiger partial charge in [-0.1, -0.05) is 12.1 Å². The van der Waals surface area contributed by atoms with Crippen molar-refractivity contribution in [3.8, 4) is 5.75 Å². The van der Waals surface area contributed by atoms with Gasteiger partial charge in [0.15, 0.2) is 0 Å². The van der Waals surface area contributed by atoms with Gasteiger partial charge in [-0.2, -0.15) is 8.78 Å². The molecule has 0 fully saturated rings. The molecule has 1 aromatic carbocycles. The summed E-state index contributed by atoms with van der Waals surface area (Å²) >= 11 is 0. The molecule has 0 aliphatic carbocycles. The van der Waals surface area contributed by atoms with E-state index in [-0.39, 0.29) is 12.6 Å². The van der Waals surface area contributed by atoms with Gasteiger partial charge < -0.3 is 10.1 Å². The van der Waals surface area contributed by atoms with E-state index in [4.69, 9.17) is 4.74 Å². The zero-order chi connectivity index (χ0) is 14.5. The van der Waals surface area contributed by atoms with Crippen LogP contribution in [-0.4, -0.2) is 25.0 Å². The van der Waals surface area contributed by atoms with Crippen molar-refractivity contribution in [3.63, 3.8) is 0 Å². The molecular formula is C13H17F4NO. The first-order valence-electron chi connectivity index (χ1n) is 5.93. The Morgan fingerprint density at radius 1 is 1.26 bits per heavy atom. The van der Waals surface area contributed by atoms with Crippen LogP contribution >= 0.6 is 0 Å². The van der Waals surface area contributed by atoms with Crippen molar-refractivity contribution >= 4 is 0 Å². The number of hydrogen-bond donors (Lipinski definition) is 1. The fourth-order valence-corrected chi connectivity index (χ4v) is 1.45. The van der Waals surface area contributed by atoms with Crippen molar-refractivity contribution < 1.29 is 22.3 Å². The highest BCUT2D eigenvalue weighted by Crippen LogP contribution is 2.21. The van der Waals surface area contributed by atoms with Crippen LogP contribution in [0.2, 0.25) is 0 Å². The highest BCUT2D eigenvalue weighted by Gasteiger charge is 2.39. The quantitative estimate of drug-likeness (QED) is 0.772. The topological polar surface area (TPSA) is 21.3 Å². The molecule has 19 heavy (non-hydrogen) atoms. The molecule has 108 valence electrons. The van der Waals surface area contributed by atoms with Gasteiger partial charge >= 0.3 is 12.3 Å². The second-order valence-electron chi connectivity index (χ2n) is 4.48. The van der Waals surface area contributed by atoms with Gasteiger partial charge in [0.2, 0.25) is 0 Å². The smallest absolute Gasteiger partial charge is 0.319 e. The predicted molar refractivity (Wildman–Crippen MR) is 64.9 cm³/mol. The number of benzene rings is 1. The van der Waals surface area contributed by atoms with Crippen LogP contribution in [0.3, 0.4) is 0 Å². The minimum Gasteiger partial charge on any atom is -0.491 e. The number of rotatable bonds is 7. The first kappa shape index (κ1) is 15.8. The van der Waals surface area contributed by atoms with E-state index in [1.54, 1.807) is 24.3 Å². The zero-order valence-electron chi connectivity index (χ0n) is 10.8. The van der Waals surface area contributed by atoms with Gasteiger partial charge in [0.1, 0.15) is 5.75 Å². The second-order valence-corrected chi connectivity index (χ2v) is 4.48. The number of alkyl halides is 4. The predicted octanol–water partition coefficient (Wildman–Crippen LogP) is 3.46. The average molecular weight is 279 g/mol. The molecule has 0 radical (unpaired) electrons. The summed E-state index contributed by atoms with van der Waals surface area (Å²) in [6, 6.07) is 6.87. The van der Waals surface area contributed by atoms with Crippen LogP contribution in [0.25, 0.3) is 0 Å². The Bertz CT molecular complexity index is 396. The molecule has 0 saturated heterocycles. The summed E-state index contributed by atoms with van der Waals surface area (Å²) in [5.74, 6) is -3.39. The van der Waals surface area contributed by atoms with E-state index in [0.717, 1.165) is 0 Å². The lowest BCUT2D eigenvalue weighted by Crippen LogP contribution is -2.38. The van der Waals surface area contributed by atoms with Crippen molar-refractivity contribution in [1.82, 2.24) is 5.32 Å². The fourth-order valence-electron chi connectivity index (χ4n) is 1.45. The summed E-state index contributed by atoms with van der Waals surface area (Å²) in [6.07, 6.45) is -3.65. The van der Waals surface area contributed by atoms with Gasteiger partial charge in [0.05, 0.1) is 12.6 Å². The van der Waals surface area contributed by atoms with Crippen LogP contribution in [0, 0.1) is 0 Å². The minimum absolute atomic E-state index is 0.00590. The normalized spacial score (nSPS) is 12.2. The Morgan fingerprint density at radius 2 is 1.95 bits per heavy atom. The van der Waals surface area contributed by atoms with Gasteiger partial charge in [0, 0.05) is 6.54 Å². The Hall–Kier alpha value is -1.30. The van der Waals surface area contributed by atoms with Crippen LogP contribution < -0.4 is 10.1 Å². The van der Waals surface area contributed by atoms with E-state index < -0.39 is 18.9 Å². The summed E-state index contributed by atoms with van der Waals surface area (Å²) in [6.45, 7) is 2.76. The molecule has 0 heterocycles. The third-order valence-electron chi connectivity index (χ3n) is 2.28. The Kier molecular flexibility index (Phi) is 5.60. The number of hydrogen-bond acceptors (Lipinski definition) is 2. The summed E-state index contributed by atoms with van der Waals surface area (Å²) in [7, 11) is 0. The van der Waals surface area contributed by atoms with Gasteiger partial charge in [-0.3, -0.25) is 0 Å². The standard InChI is InChI=1S/C13H17F4NO/c1-9(2)19-11-5-3-4-10(6-11)7-18-8-13(16,17)12(14)15/h3-6,9,12,18H,7-8H2,1-2H3. The summed E-state index contributed by atoms with van der Waals surface area (Å²) < 4.78 is 54.6. The minimum atomic E-state index is -4.01. The molecule has 0 spiro atoms. The maximum absolute atomic E-state index is 12.7. The van der Waals surface area contributed by atoms with Gasteiger partial charge in [-0.15, -0.1) is 0 Å². The molecule has 1 aromatic rings. The highest BCUT2D eigenvalue weighted by molar-refractivity contribution is 5.28. The molecule has 0 aliphatic heterocycles. The Morgan fingerprint density at radius 3 is 2.53 bits per heavy atom. The highest BCUT2D eigenvalue weighted by atomic mass is 19.3. The largest absolute Gasteiger partial charge is 0.491 e. The van der Waals surface area contributed by atoms with Gasteiger partial charge in [-0.05, 0) is 31.5 Å². The molecule has 2 nitrogen and oxygen atoms in total. The summed E-state index contributed by atoms with van der Waals surface area (Å²) in [5.41, 5.74) is 0.697. The molecule has 1 N–H and O–H groups in total. The van der Waals surface area contributed by atoms with Crippen molar-refractivity contribution in [2.45, 2.75) is 38.8 Å². The molecule has 0 amide bonds. The van der Waals surface area contributed by atoms with Gasteiger partial charge in [0.25, 0.3) is 0 Å². The second kappa shape index (κ2) is 6.75. The van der Waals surface area contributed by atoms with Gasteiger partial charge in [-0.25, -0.2) is 8.78 Å². The monoisotopic (exact) mass is 279 g/mol. The molecule has 0 unspecified atom stereocenters. The van der Waals surface area contributed by atoms with Crippen molar-refractivity contribution in [3.05, 3.63) is 29.8 Å². The third-order valence-corrected chi connectivity index (χ3v) is 2.28. The van der Waals surface area contributed by atoms with Crippen molar-refractivity contribution in [1.29, 1.82) is 0 Å². The lowest BCUT2D eigenvalue weighted by molar-refractivity contribution is -0.125. The molecule has 1 rings (SSSR count). The summed E-state index contributed by atoms with van der Waals surface area (Å²) in [5, 5.41) is 2.32. The van der Waals surface area contributed by atoms with E-state index >= 15 is 0 Å². The van der Waals surface area contributed by atoms with E-state index in [9.17, 15) is 17.6 Å².